The van der Waals surface area contributed by atoms with E-state index in [2.05, 4.69) is 18.5 Å². The summed E-state index contributed by atoms with van der Waals surface area (Å²) in [6.07, 6.45) is -0.473. The van der Waals surface area contributed by atoms with Crippen LogP contribution in [-0.4, -0.2) is 11.1 Å². The molecule has 114 valence electrons. The Balaban J connectivity index is 2.20. The van der Waals surface area contributed by atoms with E-state index in [-0.39, 0.29) is 17.7 Å². The number of hydrogen-bond acceptors (Lipinski definition) is 3. The molecule has 1 aromatic heterocycles. The number of hydrogen-bond donors (Lipinski definition) is 0. The maximum absolute atomic E-state index is 13.7. The van der Waals surface area contributed by atoms with Gasteiger partial charge in [-0.1, -0.05) is 26.8 Å². The van der Waals surface area contributed by atoms with Crippen LogP contribution in [-0.2, 0) is 6.42 Å². The molecule has 5 heteroatoms. The molecule has 0 bridgehead atoms. The zero-order valence-corrected chi connectivity index (χ0v) is 12.3. The second-order valence-electron chi connectivity index (χ2n) is 4.92. The lowest BCUT2D eigenvalue weighted by Gasteiger charge is -2.19. The summed E-state index contributed by atoms with van der Waals surface area (Å²) in [4.78, 5) is 4.31. The van der Waals surface area contributed by atoms with Crippen molar-refractivity contribution in [2.24, 2.45) is 0 Å². The third-order valence-corrected chi connectivity index (χ3v) is 3.23. The van der Waals surface area contributed by atoms with Crippen molar-refractivity contribution in [1.82, 2.24) is 4.98 Å². The highest BCUT2D eigenvalue weighted by atomic mass is 19.3. The molecule has 0 amide bonds. The molecule has 0 fully saturated rings. The molecule has 0 saturated carbocycles. The largest absolute Gasteiger partial charge is 0.441 e. The van der Waals surface area contributed by atoms with Crippen molar-refractivity contribution >= 4 is 11.1 Å². The van der Waals surface area contributed by atoms with E-state index in [0.717, 1.165) is 19.3 Å². The van der Waals surface area contributed by atoms with Gasteiger partial charge in [0.25, 0.3) is 0 Å². The number of benzene rings is 1. The van der Waals surface area contributed by atoms with Gasteiger partial charge >= 0.3 is 6.11 Å². The number of unbranched alkanes of at least 4 members (excludes halogenated alkanes) is 1. The summed E-state index contributed by atoms with van der Waals surface area (Å²) in [5.41, 5.74) is 0.839. The first kappa shape index (κ1) is 15.5. The number of aryl methyl sites for hydroxylation is 1. The number of halogens is 2. The molecule has 2 aromatic rings. The van der Waals surface area contributed by atoms with Crippen LogP contribution in [0.5, 0.6) is 5.75 Å². The maximum Gasteiger partial charge on any atom is 0.422 e. The summed E-state index contributed by atoms with van der Waals surface area (Å²) < 4.78 is 37.7. The normalized spacial score (nSPS) is 11.8. The van der Waals surface area contributed by atoms with Crippen LogP contribution in [0, 0.1) is 0 Å². The number of rotatable bonds is 7. The minimum atomic E-state index is -3.38. The Morgan fingerprint density at radius 2 is 2.14 bits per heavy atom. The van der Waals surface area contributed by atoms with E-state index < -0.39 is 6.11 Å². The van der Waals surface area contributed by atoms with E-state index in [9.17, 15) is 8.78 Å². The molecule has 1 aromatic carbocycles. The fraction of sp³-hybridized carbons (Fsp3) is 0.438. The highest BCUT2D eigenvalue weighted by Gasteiger charge is 2.34. The van der Waals surface area contributed by atoms with E-state index in [1.165, 1.54) is 12.1 Å². The third kappa shape index (κ3) is 3.60. The van der Waals surface area contributed by atoms with Gasteiger partial charge in [0.1, 0.15) is 11.3 Å². The minimum absolute atomic E-state index is 0.0419. The number of alkyl halides is 2. The first-order valence-corrected chi connectivity index (χ1v) is 7.10. The molecule has 0 aliphatic rings. The molecule has 21 heavy (non-hydrogen) atoms. The number of fused-ring (bicyclic) bond motifs is 1. The minimum Gasteiger partial charge on any atom is -0.441 e. The Hall–Kier alpha value is -1.91. The van der Waals surface area contributed by atoms with Crippen LogP contribution in [0.3, 0.4) is 0 Å². The summed E-state index contributed by atoms with van der Waals surface area (Å²) in [6.45, 7) is 7.02. The highest BCUT2D eigenvalue weighted by molar-refractivity contribution is 5.74. The van der Waals surface area contributed by atoms with E-state index in [1.54, 1.807) is 13.0 Å². The number of oxazole rings is 1. The van der Waals surface area contributed by atoms with Gasteiger partial charge in [0.2, 0.25) is 0 Å². The van der Waals surface area contributed by atoms with Crippen LogP contribution in [0.25, 0.3) is 11.1 Å². The van der Waals surface area contributed by atoms with E-state index in [4.69, 9.17) is 9.15 Å². The van der Waals surface area contributed by atoms with Crippen molar-refractivity contribution in [2.75, 3.05) is 0 Å². The topological polar surface area (TPSA) is 35.3 Å². The van der Waals surface area contributed by atoms with Gasteiger partial charge < -0.3 is 9.15 Å². The van der Waals surface area contributed by atoms with Gasteiger partial charge in [-0.05, 0) is 25.0 Å². The lowest BCUT2D eigenvalue weighted by Crippen LogP contribution is -2.26. The zero-order valence-electron chi connectivity index (χ0n) is 12.3. The van der Waals surface area contributed by atoms with Gasteiger partial charge in [-0.25, -0.2) is 4.98 Å². The Kier molecular flexibility index (Phi) is 4.60. The Morgan fingerprint density at radius 3 is 2.81 bits per heavy atom. The SMILES string of the molecule is C=C(CC)C(F)(F)Oc1ccc2nc(CCCC)oc2c1. The molecule has 3 nitrogen and oxygen atoms in total. The fourth-order valence-electron chi connectivity index (χ4n) is 1.88. The molecule has 2 rings (SSSR count). The van der Waals surface area contributed by atoms with E-state index in [1.807, 2.05) is 0 Å². The zero-order chi connectivity index (χ0) is 15.5. The summed E-state index contributed by atoms with van der Waals surface area (Å²) in [5.74, 6) is 0.661. The Bertz CT molecular complexity index is 634. The molecule has 0 saturated heterocycles. The second-order valence-corrected chi connectivity index (χ2v) is 4.92. The van der Waals surface area contributed by atoms with Gasteiger partial charge in [-0.2, -0.15) is 8.78 Å². The van der Waals surface area contributed by atoms with E-state index in [0.29, 0.717) is 17.0 Å². The van der Waals surface area contributed by atoms with Crippen LogP contribution in [0.15, 0.2) is 34.8 Å². The number of aromatic nitrogens is 1. The van der Waals surface area contributed by atoms with E-state index >= 15 is 0 Å². The molecule has 0 aliphatic carbocycles. The molecule has 0 aliphatic heterocycles. The Labute approximate surface area is 122 Å². The lowest BCUT2D eigenvalue weighted by molar-refractivity contribution is -0.143. The Morgan fingerprint density at radius 1 is 1.38 bits per heavy atom. The molecule has 0 N–H and O–H groups in total. The van der Waals surface area contributed by atoms with Crippen LogP contribution in [0.1, 0.15) is 39.0 Å². The monoisotopic (exact) mass is 295 g/mol. The molecule has 0 unspecified atom stereocenters. The van der Waals surface area contributed by atoms with Crippen molar-refractivity contribution in [3.8, 4) is 5.75 Å². The summed E-state index contributed by atoms with van der Waals surface area (Å²) in [5, 5.41) is 0. The number of nitrogens with zero attached hydrogens (tertiary/aromatic N) is 1. The van der Waals surface area contributed by atoms with Crippen LogP contribution in [0.4, 0.5) is 8.78 Å². The molecule has 0 atom stereocenters. The number of ether oxygens (including phenoxy) is 1. The summed E-state index contributed by atoms with van der Waals surface area (Å²) in [6, 6.07) is 4.52. The maximum atomic E-state index is 13.7. The summed E-state index contributed by atoms with van der Waals surface area (Å²) >= 11 is 0. The van der Waals surface area contributed by atoms with Crippen LogP contribution in [0.2, 0.25) is 0 Å². The predicted octanol–water partition coefficient (Wildman–Crippen LogP) is 5.11. The van der Waals surface area contributed by atoms with Gasteiger partial charge in [-0.15, -0.1) is 0 Å². The van der Waals surface area contributed by atoms with Crippen molar-refractivity contribution in [2.45, 2.75) is 45.6 Å². The first-order chi connectivity index (χ1) is 9.96. The van der Waals surface area contributed by atoms with Gasteiger partial charge in [-0.3, -0.25) is 0 Å². The van der Waals surface area contributed by atoms with Crippen LogP contribution < -0.4 is 4.74 Å². The predicted molar refractivity (Wildman–Crippen MR) is 77.6 cm³/mol. The van der Waals surface area contributed by atoms with Crippen molar-refractivity contribution in [1.29, 1.82) is 0 Å². The molecule has 0 spiro atoms. The lowest BCUT2D eigenvalue weighted by atomic mass is 10.2. The average Bonchev–Trinajstić information content (AvgIpc) is 2.85. The molecule has 0 radical (unpaired) electrons. The average molecular weight is 295 g/mol. The van der Waals surface area contributed by atoms with Crippen molar-refractivity contribution in [3.63, 3.8) is 0 Å². The third-order valence-electron chi connectivity index (χ3n) is 3.23. The van der Waals surface area contributed by atoms with Gasteiger partial charge in [0, 0.05) is 18.1 Å². The first-order valence-electron chi connectivity index (χ1n) is 7.10. The van der Waals surface area contributed by atoms with Gasteiger partial charge in [0.05, 0.1) is 0 Å². The van der Waals surface area contributed by atoms with Gasteiger partial charge in [0.15, 0.2) is 11.5 Å². The highest BCUT2D eigenvalue weighted by Crippen LogP contribution is 2.31. The van der Waals surface area contributed by atoms with Crippen molar-refractivity contribution in [3.05, 3.63) is 36.2 Å². The van der Waals surface area contributed by atoms with Crippen molar-refractivity contribution < 1.29 is 17.9 Å². The smallest absolute Gasteiger partial charge is 0.422 e. The summed E-state index contributed by atoms with van der Waals surface area (Å²) in [7, 11) is 0. The van der Waals surface area contributed by atoms with Crippen LogP contribution >= 0.6 is 0 Å². The molecular formula is C16H19F2NO2. The quantitative estimate of drug-likeness (QED) is 0.666. The fourth-order valence-corrected chi connectivity index (χ4v) is 1.88. The second kappa shape index (κ2) is 6.24. The standard InChI is InChI=1S/C16H19F2NO2/c1-4-6-7-15-19-13-9-8-12(10-14(13)20-15)21-16(17,18)11(3)5-2/h8-10H,3-7H2,1-2H3. The molecular weight excluding hydrogens is 276 g/mol. The molecule has 1 heterocycles.